The summed E-state index contributed by atoms with van der Waals surface area (Å²) in [5, 5.41) is 12.0. The van der Waals surface area contributed by atoms with E-state index >= 15 is 0 Å². The number of hydrogen-bond donors (Lipinski definition) is 3. The molecule has 1 unspecified atom stereocenters. The standard InChI is InChI=1S/C18H20N4O2/c1-13(23)20-10-11-24-16-4-2-14(3-5-16)17-12-21-18(22-17)15-6-8-19-9-7-15/h2-9,12-13,20,23H,10-11H2,1H3,(H,21,22). The molecule has 2 aromatic heterocycles. The molecule has 6 nitrogen and oxygen atoms in total. The second-order valence-electron chi connectivity index (χ2n) is 5.38. The maximum Gasteiger partial charge on any atom is 0.137 e. The molecule has 1 atom stereocenters. The van der Waals surface area contributed by atoms with E-state index in [0.717, 1.165) is 28.4 Å². The average molecular weight is 324 g/mol. The second kappa shape index (κ2) is 7.72. The first kappa shape index (κ1) is 16.2. The maximum atomic E-state index is 9.12. The highest BCUT2D eigenvalue weighted by molar-refractivity contribution is 5.64. The molecule has 0 aliphatic rings. The number of ether oxygens (including phenoxy) is 1. The predicted octanol–water partition coefficient (Wildman–Crippen LogP) is 2.45. The molecule has 0 amide bonds. The number of benzene rings is 1. The lowest BCUT2D eigenvalue weighted by molar-refractivity contribution is 0.148. The minimum Gasteiger partial charge on any atom is -0.492 e. The van der Waals surface area contributed by atoms with Crippen molar-refractivity contribution in [3.63, 3.8) is 0 Å². The smallest absolute Gasteiger partial charge is 0.137 e. The molecule has 3 aromatic rings. The van der Waals surface area contributed by atoms with Gasteiger partial charge in [0.05, 0.1) is 11.9 Å². The van der Waals surface area contributed by atoms with Crippen LogP contribution in [-0.2, 0) is 0 Å². The van der Waals surface area contributed by atoms with Crippen LogP contribution in [0.5, 0.6) is 5.75 Å². The molecule has 24 heavy (non-hydrogen) atoms. The Morgan fingerprint density at radius 2 is 1.88 bits per heavy atom. The number of hydrogen-bond acceptors (Lipinski definition) is 5. The highest BCUT2D eigenvalue weighted by Crippen LogP contribution is 2.23. The quantitative estimate of drug-likeness (QED) is 0.459. The van der Waals surface area contributed by atoms with E-state index in [4.69, 9.17) is 9.84 Å². The molecule has 3 N–H and O–H groups in total. The molecule has 3 rings (SSSR count). The van der Waals surface area contributed by atoms with E-state index in [-0.39, 0.29) is 0 Å². The van der Waals surface area contributed by atoms with Crippen LogP contribution >= 0.6 is 0 Å². The predicted molar refractivity (Wildman–Crippen MR) is 92.4 cm³/mol. The number of aliphatic hydroxyl groups excluding tert-OH is 1. The summed E-state index contributed by atoms with van der Waals surface area (Å²) in [5.74, 6) is 1.61. The van der Waals surface area contributed by atoms with Crippen molar-refractivity contribution in [3.8, 4) is 28.4 Å². The summed E-state index contributed by atoms with van der Waals surface area (Å²) in [4.78, 5) is 11.7. The van der Waals surface area contributed by atoms with Gasteiger partial charge in [0.2, 0.25) is 0 Å². The third-order valence-electron chi connectivity index (χ3n) is 3.51. The fourth-order valence-corrected chi connectivity index (χ4v) is 2.29. The van der Waals surface area contributed by atoms with Gasteiger partial charge in [-0.2, -0.15) is 0 Å². The van der Waals surface area contributed by atoms with E-state index in [1.807, 2.05) is 42.6 Å². The van der Waals surface area contributed by atoms with Crippen molar-refractivity contribution in [2.45, 2.75) is 13.2 Å². The zero-order valence-electron chi connectivity index (χ0n) is 13.4. The summed E-state index contributed by atoms with van der Waals surface area (Å²) in [7, 11) is 0. The minimum absolute atomic E-state index is 0.500. The molecule has 0 radical (unpaired) electrons. The Bertz CT molecular complexity index is 754. The van der Waals surface area contributed by atoms with Crippen LogP contribution in [0.1, 0.15) is 6.92 Å². The lowest BCUT2D eigenvalue weighted by atomic mass is 10.1. The summed E-state index contributed by atoms with van der Waals surface area (Å²) < 4.78 is 5.62. The molecular formula is C18H20N4O2. The number of aliphatic hydroxyl groups is 1. The Labute approximate surface area is 140 Å². The summed E-state index contributed by atoms with van der Waals surface area (Å²) in [6.07, 6.45) is 4.79. The topological polar surface area (TPSA) is 83.1 Å². The molecule has 0 spiro atoms. The van der Waals surface area contributed by atoms with Gasteiger partial charge in [-0.05, 0) is 48.9 Å². The van der Waals surface area contributed by atoms with Gasteiger partial charge in [-0.25, -0.2) is 4.98 Å². The molecule has 0 fully saturated rings. The van der Waals surface area contributed by atoms with Gasteiger partial charge in [0.25, 0.3) is 0 Å². The van der Waals surface area contributed by atoms with Crippen LogP contribution in [0.2, 0.25) is 0 Å². The molecule has 0 bridgehead atoms. The van der Waals surface area contributed by atoms with Gasteiger partial charge in [-0.3, -0.25) is 10.3 Å². The van der Waals surface area contributed by atoms with Crippen LogP contribution in [0.4, 0.5) is 0 Å². The van der Waals surface area contributed by atoms with Gasteiger partial charge in [-0.15, -0.1) is 0 Å². The van der Waals surface area contributed by atoms with Gasteiger partial charge in [0.1, 0.15) is 24.4 Å². The summed E-state index contributed by atoms with van der Waals surface area (Å²) >= 11 is 0. The van der Waals surface area contributed by atoms with Crippen LogP contribution in [-0.4, -0.2) is 39.4 Å². The van der Waals surface area contributed by atoms with E-state index in [1.54, 1.807) is 19.3 Å². The van der Waals surface area contributed by atoms with E-state index < -0.39 is 6.23 Å². The maximum absolute atomic E-state index is 9.12. The van der Waals surface area contributed by atoms with Crippen molar-refractivity contribution in [1.29, 1.82) is 0 Å². The summed E-state index contributed by atoms with van der Waals surface area (Å²) in [6, 6.07) is 11.7. The lowest BCUT2D eigenvalue weighted by Gasteiger charge is -2.09. The Hall–Kier alpha value is -2.70. The highest BCUT2D eigenvalue weighted by Gasteiger charge is 2.05. The van der Waals surface area contributed by atoms with Gasteiger partial charge < -0.3 is 14.8 Å². The first-order valence-electron chi connectivity index (χ1n) is 7.82. The minimum atomic E-state index is -0.522. The zero-order chi connectivity index (χ0) is 16.8. The number of nitrogens with zero attached hydrogens (tertiary/aromatic N) is 2. The normalized spacial score (nSPS) is 12.1. The van der Waals surface area contributed by atoms with Gasteiger partial charge in [-0.1, -0.05) is 0 Å². The molecule has 6 heteroatoms. The number of aromatic nitrogens is 3. The largest absolute Gasteiger partial charge is 0.492 e. The Morgan fingerprint density at radius 1 is 1.12 bits per heavy atom. The third kappa shape index (κ3) is 4.18. The van der Waals surface area contributed by atoms with Gasteiger partial charge in [0.15, 0.2) is 0 Å². The summed E-state index contributed by atoms with van der Waals surface area (Å²) in [6.45, 7) is 2.77. The fraction of sp³-hybridized carbons (Fsp3) is 0.222. The van der Waals surface area contributed by atoms with Crippen molar-refractivity contribution in [1.82, 2.24) is 20.3 Å². The van der Waals surface area contributed by atoms with E-state index in [2.05, 4.69) is 20.3 Å². The Morgan fingerprint density at radius 3 is 2.58 bits per heavy atom. The van der Waals surface area contributed by atoms with Gasteiger partial charge in [0, 0.05) is 24.5 Å². The lowest BCUT2D eigenvalue weighted by Crippen LogP contribution is -2.29. The second-order valence-corrected chi connectivity index (χ2v) is 5.38. The Balaban J connectivity index is 1.63. The van der Waals surface area contributed by atoms with E-state index in [9.17, 15) is 0 Å². The first-order chi connectivity index (χ1) is 11.7. The number of aromatic amines is 1. The first-order valence-corrected chi connectivity index (χ1v) is 7.82. The number of imidazole rings is 1. The third-order valence-corrected chi connectivity index (χ3v) is 3.51. The highest BCUT2D eigenvalue weighted by atomic mass is 16.5. The molecule has 0 saturated heterocycles. The van der Waals surface area contributed by atoms with Crippen LogP contribution in [0.3, 0.4) is 0 Å². The van der Waals surface area contributed by atoms with Crippen LogP contribution in [0.25, 0.3) is 22.6 Å². The number of rotatable bonds is 7. The monoisotopic (exact) mass is 324 g/mol. The SMILES string of the molecule is CC(O)NCCOc1ccc(-c2cnc(-c3ccncc3)[nH]2)cc1. The van der Waals surface area contributed by atoms with Crippen molar-refractivity contribution >= 4 is 0 Å². The van der Waals surface area contributed by atoms with Crippen molar-refractivity contribution in [3.05, 3.63) is 55.0 Å². The Kier molecular flexibility index (Phi) is 5.20. The van der Waals surface area contributed by atoms with Crippen molar-refractivity contribution in [2.24, 2.45) is 0 Å². The van der Waals surface area contributed by atoms with Crippen LogP contribution in [0.15, 0.2) is 55.0 Å². The fourth-order valence-electron chi connectivity index (χ4n) is 2.29. The van der Waals surface area contributed by atoms with Crippen molar-refractivity contribution < 1.29 is 9.84 Å². The molecule has 2 heterocycles. The molecule has 0 saturated carbocycles. The van der Waals surface area contributed by atoms with Gasteiger partial charge >= 0.3 is 0 Å². The van der Waals surface area contributed by atoms with Crippen LogP contribution in [0, 0.1) is 0 Å². The zero-order valence-corrected chi connectivity index (χ0v) is 13.4. The van der Waals surface area contributed by atoms with Crippen LogP contribution < -0.4 is 10.1 Å². The molecule has 124 valence electrons. The number of H-pyrrole nitrogens is 1. The molecule has 0 aliphatic heterocycles. The van der Waals surface area contributed by atoms with E-state index in [0.29, 0.717) is 13.2 Å². The van der Waals surface area contributed by atoms with Crippen molar-refractivity contribution in [2.75, 3.05) is 13.2 Å². The van der Waals surface area contributed by atoms with E-state index in [1.165, 1.54) is 0 Å². The average Bonchev–Trinajstić information content (AvgIpc) is 3.10. The molecule has 1 aromatic carbocycles. The summed E-state index contributed by atoms with van der Waals surface area (Å²) in [5.41, 5.74) is 2.99. The molecule has 0 aliphatic carbocycles. The number of pyridine rings is 1. The molecular weight excluding hydrogens is 304 g/mol. The number of nitrogens with one attached hydrogen (secondary N) is 2.